The molecule has 3 atom stereocenters. The fraction of sp³-hybridized carbons (Fsp3) is 0.233. The molecule has 3 unspecified atom stereocenters. The minimum absolute atomic E-state index is 0.140. The Morgan fingerprint density at radius 3 is 1.72 bits per heavy atom. The number of hydrogen-bond donors (Lipinski definition) is 0. The molecule has 0 spiro atoms. The van der Waals surface area contributed by atoms with Gasteiger partial charge in [0.15, 0.2) is 0 Å². The second kappa shape index (κ2) is 19.4. The van der Waals surface area contributed by atoms with E-state index in [1.165, 1.54) is 83.6 Å². The SMILES string of the molecule is C=CCCCc1ccc(C(CC)c2cccc3ccccc23)cc1.Cc1cccc(-c2cccc(C(C)C(c3ccc(C(C)(C)C)cc3)c3cccc4ccccc34)c2)c1. The second-order valence-corrected chi connectivity index (χ2v) is 17.7. The van der Waals surface area contributed by atoms with Gasteiger partial charge in [-0.05, 0) is 116 Å². The summed E-state index contributed by atoms with van der Waals surface area (Å²) in [4.78, 5) is 0. The van der Waals surface area contributed by atoms with Crippen molar-refractivity contribution in [2.45, 2.75) is 90.4 Å². The average molecular weight is 783 g/mol. The molecule has 0 aromatic heterocycles. The third-order valence-corrected chi connectivity index (χ3v) is 12.4. The first-order valence-electron chi connectivity index (χ1n) is 22.1. The molecular formula is C60H62. The van der Waals surface area contributed by atoms with Crippen molar-refractivity contribution in [1.82, 2.24) is 0 Å². The fourth-order valence-corrected chi connectivity index (χ4v) is 9.02. The molecule has 0 fully saturated rings. The molecule has 8 rings (SSSR count). The van der Waals surface area contributed by atoms with Crippen LogP contribution >= 0.6 is 0 Å². The van der Waals surface area contributed by atoms with E-state index < -0.39 is 0 Å². The summed E-state index contributed by atoms with van der Waals surface area (Å²) in [6.45, 7) is 17.5. The summed E-state index contributed by atoms with van der Waals surface area (Å²) in [5, 5.41) is 5.34. The average Bonchev–Trinajstić information content (AvgIpc) is 3.27. The molecule has 0 saturated carbocycles. The van der Waals surface area contributed by atoms with Crippen molar-refractivity contribution in [2.75, 3.05) is 0 Å². The van der Waals surface area contributed by atoms with Gasteiger partial charge in [-0.25, -0.2) is 0 Å². The molecule has 302 valence electrons. The summed E-state index contributed by atoms with van der Waals surface area (Å²) in [6.07, 6.45) is 6.53. The molecule has 60 heavy (non-hydrogen) atoms. The highest BCUT2D eigenvalue weighted by molar-refractivity contribution is 5.87. The zero-order chi connectivity index (χ0) is 42.1. The molecule has 0 N–H and O–H groups in total. The van der Waals surface area contributed by atoms with Crippen LogP contribution < -0.4 is 0 Å². The first-order chi connectivity index (χ1) is 29.1. The topological polar surface area (TPSA) is 0 Å². The van der Waals surface area contributed by atoms with Gasteiger partial charge in [0.1, 0.15) is 0 Å². The Kier molecular flexibility index (Phi) is 13.6. The number of unbranched alkanes of at least 4 members (excludes halogenated alkanes) is 1. The lowest BCUT2D eigenvalue weighted by Crippen LogP contribution is -2.13. The van der Waals surface area contributed by atoms with Crippen molar-refractivity contribution in [2.24, 2.45) is 0 Å². The molecule has 0 aliphatic rings. The smallest absolute Gasteiger partial charge is 0.0161 e. The molecular weight excluding hydrogens is 721 g/mol. The number of hydrogen-bond acceptors (Lipinski definition) is 0. The van der Waals surface area contributed by atoms with Gasteiger partial charge in [-0.2, -0.15) is 0 Å². The molecule has 0 bridgehead atoms. The molecule has 0 heteroatoms. The molecule has 8 aromatic carbocycles. The monoisotopic (exact) mass is 782 g/mol. The van der Waals surface area contributed by atoms with Crippen molar-refractivity contribution in [3.63, 3.8) is 0 Å². The maximum absolute atomic E-state index is 3.80. The van der Waals surface area contributed by atoms with Crippen LogP contribution in [0.1, 0.15) is 116 Å². The summed E-state index contributed by atoms with van der Waals surface area (Å²) in [7, 11) is 0. The minimum atomic E-state index is 0.140. The van der Waals surface area contributed by atoms with Crippen LogP contribution in [-0.2, 0) is 11.8 Å². The number of allylic oxidation sites excluding steroid dienone is 1. The highest BCUT2D eigenvalue weighted by atomic mass is 14.3. The van der Waals surface area contributed by atoms with Crippen molar-refractivity contribution in [3.05, 3.63) is 239 Å². The first-order valence-corrected chi connectivity index (χ1v) is 22.1. The third-order valence-electron chi connectivity index (χ3n) is 12.4. The van der Waals surface area contributed by atoms with Crippen molar-refractivity contribution in [3.8, 4) is 11.1 Å². The summed E-state index contributed by atoms with van der Waals surface area (Å²) in [6, 6.07) is 67.5. The van der Waals surface area contributed by atoms with E-state index in [4.69, 9.17) is 0 Å². The number of rotatable bonds is 12. The Hall–Kier alpha value is -5.98. The Morgan fingerprint density at radius 2 is 1.10 bits per heavy atom. The molecule has 0 heterocycles. The van der Waals surface area contributed by atoms with E-state index in [1.807, 2.05) is 6.08 Å². The van der Waals surface area contributed by atoms with Gasteiger partial charge in [-0.3, -0.25) is 0 Å². The zero-order valence-corrected chi connectivity index (χ0v) is 36.7. The second-order valence-electron chi connectivity index (χ2n) is 17.7. The van der Waals surface area contributed by atoms with E-state index in [1.54, 1.807) is 0 Å². The number of aryl methyl sites for hydroxylation is 2. The summed E-state index contributed by atoms with van der Waals surface area (Å²) in [5.74, 6) is 1.01. The van der Waals surface area contributed by atoms with Crippen LogP contribution in [0.2, 0.25) is 0 Å². The number of fused-ring (bicyclic) bond motifs is 2. The quantitative estimate of drug-likeness (QED) is 0.0855. The van der Waals surface area contributed by atoms with Crippen molar-refractivity contribution < 1.29 is 0 Å². The predicted molar refractivity (Wildman–Crippen MR) is 262 cm³/mol. The summed E-state index contributed by atoms with van der Waals surface area (Å²) < 4.78 is 0. The summed E-state index contributed by atoms with van der Waals surface area (Å²) in [5.41, 5.74) is 13.8. The van der Waals surface area contributed by atoms with Crippen LogP contribution in [0, 0.1) is 6.92 Å². The zero-order valence-electron chi connectivity index (χ0n) is 36.7. The molecule has 0 saturated heterocycles. The van der Waals surface area contributed by atoms with E-state index in [9.17, 15) is 0 Å². The van der Waals surface area contributed by atoms with E-state index >= 15 is 0 Å². The van der Waals surface area contributed by atoms with Gasteiger partial charge in [0, 0.05) is 11.8 Å². The van der Waals surface area contributed by atoms with Crippen LogP contribution in [0.3, 0.4) is 0 Å². The van der Waals surface area contributed by atoms with Crippen LogP contribution in [0.15, 0.2) is 195 Å². The van der Waals surface area contributed by atoms with Gasteiger partial charge in [0.05, 0.1) is 0 Å². The Morgan fingerprint density at radius 1 is 0.550 bits per heavy atom. The van der Waals surface area contributed by atoms with E-state index in [-0.39, 0.29) is 11.3 Å². The predicted octanol–water partition coefficient (Wildman–Crippen LogP) is 16.9. The molecule has 0 aliphatic heterocycles. The highest BCUT2D eigenvalue weighted by Gasteiger charge is 2.26. The maximum Gasteiger partial charge on any atom is 0.0161 e. The van der Waals surface area contributed by atoms with Gasteiger partial charge in [-0.15, -0.1) is 6.58 Å². The Bertz CT molecular complexity index is 2620. The fourth-order valence-electron chi connectivity index (χ4n) is 9.02. The Balaban J connectivity index is 0.000000197. The van der Waals surface area contributed by atoms with E-state index in [0.717, 1.165) is 19.3 Å². The lowest BCUT2D eigenvalue weighted by atomic mass is 9.75. The van der Waals surface area contributed by atoms with Crippen LogP contribution in [0.4, 0.5) is 0 Å². The minimum Gasteiger partial charge on any atom is -0.103 e. The standard InChI is InChI=1S/C36H36.C24H26/c1-25-11-8-15-30(23-25)31-16-9-14-29(24-31)26(2)35(28-19-21-32(22-20-28)36(3,4)5)34-18-10-13-27-12-6-7-17-33(27)34;1-3-5-6-10-19-15-17-21(18-16-19)22(4-2)24-14-9-12-20-11-7-8-13-23(20)24/h6-24,26,35H,1-5H3;3,7-9,11-18,22H,1,4-6,10H2,2H3. The molecule has 8 aromatic rings. The van der Waals surface area contributed by atoms with Gasteiger partial charge in [-0.1, -0.05) is 228 Å². The molecule has 0 radical (unpaired) electrons. The summed E-state index contributed by atoms with van der Waals surface area (Å²) >= 11 is 0. The van der Waals surface area contributed by atoms with E-state index in [0.29, 0.717) is 11.8 Å². The van der Waals surface area contributed by atoms with Gasteiger partial charge in [0.25, 0.3) is 0 Å². The van der Waals surface area contributed by atoms with Gasteiger partial charge < -0.3 is 0 Å². The van der Waals surface area contributed by atoms with Crippen molar-refractivity contribution in [1.29, 1.82) is 0 Å². The van der Waals surface area contributed by atoms with E-state index in [2.05, 4.69) is 230 Å². The lowest BCUT2D eigenvalue weighted by Gasteiger charge is -2.28. The van der Waals surface area contributed by atoms with Crippen LogP contribution in [-0.4, -0.2) is 0 Å². The largest absolute Gasteiger partial charge is 0.103 e. The molecule has 0 amide bonds. The van der Waals surface area contributed by atoms with Gasteiger partial charge >= 0.3 is 0 Å². The van der Waals surface area contributed by atoms with Gasteiger partial charge in [0.2, 0.25) is 0 Å². The first kappa shape index (κ1) is 42.2. The number of benzene rings is 8. The molecule has 0 nitrogen and oxygen atoms in total. The normalized spacial score (nSPS) is 13.0. The van der Waals surface area contributed by atoms with Crippen molar-refractivity contribution >= 4 is 21.5 Å². The maximum atomic E-state index is 3.80. The highest BCUT2D eigenvalue weighted by Crippen LogP contribution is 2.42. The van der Waals surface area contributed by atoms with Crippen LogP contribution in [0.25, 0.3) is 32.7 Å². The lowest BCUT2D eigenvalue weighted by molar-refractivity contribution is 0.588. The third kappa shape index (κ3) is 9.89. The Labute approximate surface area is 360 Å². The van der Waals surface area contributed by atoms with Crippen LogP contribution in [0.5, 0.6) is 0 Å². The molecule has 0 aliphatic carbocycles.